The molecule has 0 amide bonds. The average Bonchev–Trinajstić information content (AvgIpc) is 2.42. The number of benzene rings is 1. The van der Waals surface area contributed by atoms with Gasteiger partial charge >= 0.3 is 0 Å². The number of nitrogens with zero attached hydrogens (tertiary/aromatic N) is 2. The smallest absolute Gasteiger partial charge is 0.146 e. The molecule has 0 aliphatic carbocycles. The van der Waals surface area contributed by atoms with E-state index in [-0.39, 0.29) is 11.9 Å². The fourth-order valence-corrected chi connectivity index (χ4v) is 2.33. The normalized spacial score (nSPS) is 18.6. The largest absolute Gasteiger partial charge is 0.392 e. The monoisotopic (exact) mass is 270 g/mol. The van der Waals surface area contributed by atoms with Crippen molar-refractivity contribution >= 4 is 5.69 Å². The molecule has 19 heavy (non-hydrogen) atoms. The second-order valence-corrected chi connectivity index (χ2v) is 4.95. The van der Waals surface area contributed by atoms with Crippen LogP contribution < -0.4 is 4.90 Å². The van der Waals surface area contributed by atoms with Crippen molar-refractivity contribution in [3.63, 3.8) is 0 Å². The lowest BCUT2D eigenvalue weighted by Gasteiger charge is -2.36. The molecular weight excluding hydrogens is 250 g/mol. The Bertz CT molecular complexity index is 420. The molecule has 0 spiro atoms. The first-order valence-corrected chi connectivity index (χ1v) is 6.70. The van der Waals surface area contributed by atoms with Crippen molar-refractivity contribution in [2.24, 2.45) is 0 Å². The number of hydrogen-bond acceptors (Lipinski definition) is 3. The van der Waals surface area contributed by atoms with Crippen LogP contribution in [0.1, 0.15) is 13.3 Å². The molecule has 1 fully saturated rings. The van der Waals surface area contributed by atoms with Crippen LogP contribution in [0.4, 0.5) is 14.5 Å². The third kappa shape index (κ3) is 3.64. The van der Waals surface area contributed by atoms with E-state index >= 15 is 0 Å². The second-order valence-electron chi connectivity index (χ2n) is 4.95. The zero-order valence-electron chi connectivity index (χ0n) is 11.1. The molecule has 1 aliphatic heterocycles. The number of piperazine rings is 1. The molecule has 0 radical (unpaired) electrons. The van der Waals surface area contributed by atoms with E-state index in [0.717, 1.165) is 31.6 Å². The zero-order valence-corrected chi connectivity index (χ0v) is 11.1. The summed E-state index contributed by atoms with van der Waals surface area (Å²) >= 11 is 0. The number of hydrogen-bond donors (Lipinski definition) is 1. The molecule has 2 rings (SSSR count). The Morgan fingerprint density at radius 3 is 2.53 bits per heavy atom. The van der Waals surface area contributed by atoms with E-state index in [9.17, 15) is 13.9 Å². The van der Waals surface area contributed by atoms with Gasteiger partial charge in [-0.3, -0.25) is 4.90 Å². The quantitative estimate of drug-likeness (QED) is 0.904. The van der Waals surface area contributed by atoms with E-state index in [1.54, 1.807) is 0 Å². The van der Waals surface area contributed by atoms with Crippen LogP contribution in [-0.4, -0.2) is 48.8 Å². The van der Waals surface area contributed by atoms with Gasteiger partial charge in [0, 0.05) is 38.8 Å². The first-order chi connectivity index (χ1) is 9.10. The maximum Gasteiger partial charge on any atom is 0.146 e. The van der Waals surface area contributed by atoms with Crippen molar-refractivity contribution in [1.82, 2.24) is 4.90 Å². The van der Waals surface area contributed by atoms with E-state index in [2.05, 4.69) is 4.90 Å². The highest BCUT2D eigenvalue weighted by Gasteiger charge is 2.21. The lowest BCUT2D eigenvalue weighted by Crippen LogP contribution is -2.48. The molecular formula is C14H20F2N2O. The Morgan fingerprint density at radius 1 is 1.21 bits per heavy atom. The van der Waals surface area contributed by atoms with Crippen LogP contribution in [0.2, 0.25) is 0 Å². The summed E-state index contributed by atoms with van der Waals surface area (Å²) in [7, 11) is 0. The standard InChI is InChI=1S/C14H20F2N2O/c1-2-12(19)10-17-5-7-18(8-6-17)14-9-11(15)3-4-13(14)16/h3-4,9,12,19H,2,5-8,10H2,1H3/t12-/m1/s1. The van der Waals surface area contributed by atoms with Crippen LogP contribution in [0.5, 0.6) is 0 Å². The Labute approximate surface area is 112 Å². The third-order valence-corrected chi connectivity index (χ3v) is 3.56. The van der Waals surface area contributed by atoms with Gasteiger partial charge < -0.3 is 10.0 Å². The lowest BCUT2D eigenvalue weighted by atomic mass is 10.2. The number of aliphatic hydroxyl groups is 1. The van der Waals surface area contributed by atoms with E-state index in [1.165, 1.54) is 6.07 Å². The summed E-state index contributed by atoms with van der Waals surface area (Å²) in [6, 6.07) is 3.54. The maximum atomic E-state index is 13.7. The number of halogens is 2. The molecule has 1 aliphatic rings. The maximum absolute atomic E-state index is 13.7. The van der Waals surface area contributed by atoms with Gasteiger partial charge in [0.1, 0.15) is 11.6 Å². The van der Waals surface area contributed by atoms with Crippen LogP contribution in [-0.2, 0) is 0 Å². The molecule has 1 heterocycles. The van der Waals surface area contributed by atoms with Gasteiger partial charge in [0.05, 0.1) is 11.8 Å². The first kappa shape index (κ1) is 14.2. The Kier molecular flexibility index (Phi) is 4.71. The first-order valence-electron chi connectivity index (χ1n) is 6.70. The molecule has 1 N–H and O–H groups in total. The molecule has 106 valence electrons. The van der Waals surface area contributed by atoms with Crippen LogP contribution in [0.15, 0.2) is 18.2 Å². The Balaban J connectivity index is 1.94. The SMILES string of the molecule is CC[C@@H](O)CN1CCN(c2cc(F)ccc2F)CC1. The summed E-state index contributed by atoms with van der Waals surface area (Å²) < 4.78 is 26.8. The van der Waals surface area contributed by atoms with E-state index in [0.29, 0.717) is 25.3 Å². The van der Waals surface area contributed by atoms with Crippen LogP contribution >= 0.6 is 0 Å². The van der Waals surface area contributed by atoms with Crippen molar-refractivity contribution in [2.75, 3.05) is 37.6 Å². The van der Waals surface area contributed by atoms with Gasteiger partial charge in [-0.1, -0.05) is 6.92 Å². The summed E-state index contributed by atoms with van der Waals surface area (Å²) in [5.74, 6) is -0.802. The van der Waals surface area contributed by atoms with Gasteiger partial charge in [0.25, 0.3) is 0 Å². The molecule has 1 aromatic carbocycles. The molecule has 0 aromatic heterocycles. The molecule has 3 nitrogen and oxygen atoms in total. The highest BCUT2D eigenvalue weighted by Crippen LogP contribution is 2.21. The van der Waals surface area contributed by atoms with Crippen LogP contribution in [0.25, 0.3) is 0 Å². The lowest BCUT2D eigenvalue weighted by molar-refractivity contribution is 0.106. The van der Waals surface area contributed by atoms with Gasteiger partial charge in [-0.05, 0) is 18.6 Å². The minimum absolute atomic E-state index is 0.308. The number of aliphatic hydroxyl groups excluding tert-OH is 1. The number of β-amino-alcohol motifs (C(OH)–C–C–N with tert-alkyl or cyclic N) is 1. The molecule has 1 saturated heterocycles. The zero-order chi connectivity index (χ0) is 13.8. The predicted octanol–water partition coefficient (Wildman–Crippen LogP) is 1.86. The topological polar surface area (TPSA) is 26.7 Å². The molecule has 0 bridgehead atoms. The molecule has 0 saturated carbocycles. The van der Waals surface area contributed by atoms with Crippen molar-refractivity contribution in [1.29, 1.82) is 0 Å². The van der Waals surface area contributed by atoms with Gasteiger partial charge in [-0.2, -0.15) is 0 Å². The summed E-state index contributed by atoms with van der Waals surface area (Å²) in [4.78, 5) is 4.01. The van der Waals surface area contributed by atoms with Gasteiger partial charge in [0.2, 0.25) is 0 Å². The van der Waals surface area contributed by atoms with Crippen LogP contribution in [0, 0.1) is 11.6 Å². The van der Waals surface area contributed by atoms with Crippen molar-refractivity contribution in [3.05, 3.63) is 29.8 Å². The Hall–Kier alpha value is -1.20. The minimum Gasteiger partial charge on any atom is -0.392 e. The number of rotatable bonds is 4. The molecule has 0 unspecified atom stereocenters. The molecule has 1 atom stereocenters. The third-order valence-electron chi connectivity index (χ3n) is 3.56. The fourth-order valence-electron chi connectivity index (χ4n) is 2.33. The summed E-state index contributed by atoms with van der Waals surface area (Å²) in [5.41, 5.74) is 0.329. The highest BCUT2D eigenvalue weighted by molar-refractivity contribution is 5.48. The van der Waals surface area contributed by atoms with Gasteiger partial charge in [-0.15, -0.1) is 0 Å². The van der Waals surface area contributed by atoms with Gasteiger partial charge in [-0.25, -0.2) is 8.78 Å². The summed E-state index contributed by atoms with van der Waals surface area (Å²) in [5, 5.41) is 9.61. The molecule has 5 heteroatoms. The van der Waals surface area contributed by atoms with E-state index in [1.807, 2.05) is 11.8 Å². The van der Waals surface area contributed by atoms with Crippen LogP contribution in [0.3, 0.4) is 0 Å². The minimum atomic E-state index is -0.416. The Morgan fingerprint density at radius 2 is 1.89 bits per heavy atom. The predicted molar refractivity (Wildman–Crippen MR) is 71.3 cm³/mol. The highest BCUT2D eigenvalue weighted by atomic mass is 19.1. The van der Waals surface area contributed by atoms with E-state index < -0.39 is 5.82 Å². The second kappa shape index (κ2) is 6.30. The van der Waals surface area contributed by atoms with Crippen molar-refractivity contribution in [3.8, 4) is 0 Å². The molecule has 1 aromatic rings. The number of anilines is 1. The summed E-state index contributed by atoms with van der Waals surface area (Å²) in [6.45, 7) is 5.41. The fraction of sp³-hybridized carbons (Fsp3) is 0.571. The van der Waals surface area contributed by atoms with Crippen molar-refractivity contribution < 1.29 is 13.9 Å². The average molecular weight is 270 g/mol. The van der Waals surface area contributed by atoms with Crippen molar-refractivity contribution in [2.45, 2.75) is 19.4 Å². The van der Waals surface area contributed by atoms with E-state index in [4.69, 9.17) is 0 Å². The van der Waals surface area contributed by atoms with Gasteiger partial charge in [0.15, 0.2) is 0 Å². The summed E-state index contributed by atoms with van der Waals surface area (Å²) in [6.07, 6.45) is 0.427.